The van der Waals surface area contributed by atoms with Gasteiger partial charge in [-0.2, -0.15) is 0 Å². The Balaban J connectivity index is 0.00000154. The third kappa shape index (κ3) is 5.60. The van der Waals surface area contributed by atoms with Crippen LogP contribution < -0.4 is 0 Å². The van der Waals surface area contributed by atoms with E-state index in [1.54, 1.807) is 18.2 Å². The van der Waals surface area contributed by atoms with Crippen molar-refractivity contribution < 1.29 is 14.3 Å². The molecule has 0 aliphatic carbocycles. The summed E-state index contributed by atoms with van der Waals surface area (Å²) in [6.07, 6.45) is 2.03. The van der Waals surface area contributed by atoms with Gasteiger partial charge in [-0.3, -0.25) is 0 Å². The van der Waals surface area contributed by atoms with E-state index in [1.165, 1.54) is 7.11 Å². The van der Waals surface area contributed by atoms with Crippen LogP contribution in [-0.4, -0.2) is 19.7 Å². The van der Waals surface area contributed by atoms with Crippen molar-refractivity contribution >= 4 is 11.7 Å². The summed E-state index contributed by atoms with van der Waals surface area (Å²) in [5.41, 5.74) is 1.17. The molecule has 0 atom stereocenters. The Morgan fingerprint density at radius 1 is 1.21 bits per heavy atom. The number of carbonyl (C=O) groups is 1. The number of benzene rings is 1. The highest BCUT2D eigenvalue weighted by atomic mass is 16.5. The topological polar surface area (TPSA) is 35.5 Å². The number of unbranched alkanes of at least 4 members (excludes halogenated alkanes) is 1. The molecular formula is C16H24O3. The van der Waals surface area contributed by atoms with E-state index >= 15 is 0 Å². The summed E-state index contributed by atoms with van der Waals surface area (Å²) in [7, 11) is 1.36. The molecule has 1 aromatic carbocycles. The van der Waals surface area contributed by atoms with Crippen LogP contribution in [0.15, 0.2) is 30.8 Å². The maximum atomic E-state index is 11.5. The largest absolute Gasteiger partial charge is 0.494 e. The van der Waals surface area contributed by atoms with Crippen LogP contribution in [0.2, 0.25) is 0 Å². The van der Waals surface area contributed by atoms with Crippen molar-refractivity contribution in [3.63, 3.8) is 0 Å². The molecule has 0 aliphatic heterocycles. The molecule has 0 unspecified atom stereocenters. The molecule has 0 amide bonds. The lowest BCUT2D eigenvalue weighted by atomic mass is 10.1. The molecule has 0 heterocycles. The maximum Gasteiger partial charge on any atom is 0.338 e. The zero-order chi connectivity index (χ0) is 14.7. The van der Waals surface area contributed by atoms with Crippen LogP contribution in [-0.2, 0) is 9.47 Å². The average Bonchev–Trinajstić information content (AvgIpc) is 2.48. The van der Waals surface area contributed by atoms with Crippen molar-refractivity contribution in [1.29, 1.82) is 0 Å². The number of hydrogen-bond donors (Lipinski definition) is 0. The number of ether oxygens (including phenoxy) is 2. The Morgan fingerprint density at radius 3 is 2.32 bits per heavy atom. The second kappa shape index (κ2) is 10.2. The fourth-order valence-electron chi connectivity index (χ4n) is 1.43. The van der Waals surface area contributed by atoms with Crippen molar-refractivity contribution in [3.8, 4) is 0 Å². The lowest BCUT2D eigenvalue weighted by molar-refractivity contribution is 0.0599. The van der Waals surface area contributed by atoms with Gasteiger partial charge in [-0.25, -0.2) is 4.79 Å². The molecular weight excluding hydrogens is 240 g/mol. The number of esters is 1. The van der Waals surface area contributed by atoms with Crippen LogP contribution in [0, 0.1) is 0 Å². The predicted octanol–water partition coefficient (Wildman–Crippen LogP) is 4.29. The van der Waals surface area contributed by atoms with E-state index in [0.29, 0.717) is 23.5 Å². The van der Waals surface area contributed by atoms with Crippen molar-refractivity contribution in [1.82, 2.24) is 0 Å². The zero-order valence-corrected chi connectivity index (χ0v) is 12.4. The Bertz CT molecular complexity index is 397. The van der Waals surface area contributed by atoms with Gasteiger partial charge in [0.15, 0.2) is 0 Å². The van der Waals surface area contributed by atoms with Crippen molar-refractivity contribution in [2.75, 3.05) is 13.7 Å². The van der Waals surface area contributed by atoms with Crippen LogP contribution >= 0.6 is 0 Å². The first-order chi connectivity index (χ1) is 9.20. The minimum atomic E-state index is -0.374. The van der Waals surface area contributed by atoms with Gasteiger partial charge in [-0.05, 0) is 12.5 Å². The molecule has 3 heteroatoms. The third-order valence-electron chi connectivity index (χ3n) is 2.41. The molecule has 0 saturated heterocycles. The van der Waals surface area contributed by atoms with Crippen LogP contribution in [0.3, 0.4) is 0 Å². The van der Waals surface area contributed by atoms with E-state index < -0.39 is 0 Å². The lowest BCUT2D eigenvalue weighted by Gasteiger charge is -2.11. The van der Waals surface area contributed by atoms with E-state index in [9.17, 15) is 4.79 Å². The Labute approximate surface area is 116 Å². The molecule has 0 saturated carbocycles. The first-order valence-electron chi connectivity index (χ1n) is 6.70. The van der Waals surface area contributed by atoms with E-state index in [4.69, 9.17) is 9.47 Å². The first-order valence-corrected chi connectivity index (χ1v) is 6.70. The van der Waals surface area contributed by atoms with Gasteiger partial charge < -0.3 is 9.47 Å². The van der Waals surface area contributed by atoms with Crippen LogP contribution in [0.5, 0.6) is 0 Å². The second-order valence-corrected chi connectivity index (χ2v) is 3.66. The fraction of sp³-hybridized carbons (Fsp3) is 0.438. The summed E-state index contributed by atoms with van der Waals surface area (Å²) >= 11 is 0. The van der Waals surface area contributed by atoms with E-state index in [2.05, 4.69) is 13.5 Å². The van der Waals surface area contributed by atoms with Gasteiger partial charge in [0.1, 0.15) is 5.76 Å². The molecule has 3 nitrogen and oxygen atoms in total. The van der Waals surface area contributed by atoms with E-state index in [-0.39, 0.29) is 5.97 Å². The fourth-order valence-corrected chi connectivity index (χ4v) is 1.43. The molecule has 1 aromatic rings. The standard InChI is InChI=1S/C14H18O3.C2H6/c1-4-5-10-17-11(2)12-8-6-7-9-13(12)14(15)16-3;1-2/h6-9H,2,4-5,10H2,1,3H3;1-2H3. The number of carbonyl (C=O) groups excluding carboxylic acids is 1. The number of rotatable bonds is 6. The summed E-state index contributed by atoms with van der Waals surface area (Å²) in [6.45, 7) is 10.6. The van der Waals surface area contributed by atoms with Gasteiger partial charge in [-0.1, -0.05) is 52.0 Å². The molecule has 0 radical (unpaired) electrons. The Kier molecular flexibility index (Phi) is 9.23. The minimum Gasteiger partial charge on any atom is -0.494 e. The molecule has 0 aliphatic rings. The molecule has 19 heavy (non-hydrogen) atoms. The predicted molar refractivity (Wildman–Crippen MR) is 79.0 cm³/mol. The van der Waals surface area contributed by atoms with Crippen molar-refractivity contribution in [3.05, 3.63) is 42.0 Å². The minimum absolute atomic E-state index is 0.374. The van der Waals surface area contributed by atoms with Gasteiger partial charge >= 0.3 is 5.97 Å². The SMILES string of the molecule is C=C(OCCCC)c1ccccc1C(=O)OC.CC. The molecule has 0 aromatic heterocycles. The molecule has 1 rings (SSSR count). The quantitative estimate of drug-likeness (QED) is 0.437. The van der Waals surface area contributed by atoms with E-state index in [1.807, 2.05) is 19.9 Å². The van der Waals surface area contributed by atoms with Crippen molar-refractivity contribution in [2.24, 2.45) is 0 Å². The Hall–Kier alpha value is -1.77. The molecule has 0 bridgehead atoms. The van der Waals surface area contributed by atoms with Gasteiger partial charge in [0, 0.05) is 5.56 Å². The first kappa shape index (κ1) is 17.2. The third-order valence-corrected chi connectivity index (χ3v) is 2.41. The van der Waals surface area contributed by atoms with Gasteiger partial charge in [0.25, 0.3) is 0 Å². The Morgan fingerprint density at radius 2 is 1.79 bits per heavy atom. The highest BCUT2D eigenvalue weighted by molar-refractivity contribution is 5.94. The van der Waals surface area contributed by atoms with Crippen LogP contribution in [0.1, 0.15) is 49.5 Å². The lowest BCUT2D eigenvalue weighted by Crippen LogP contribution is -2.06. The monoisotopic (exact) mass is 264 g/mol. The van der Waals surface area contributed by atoms with Gasteiger partial charge in [0.2, 0.25) is 0 Å². The molecule has 106 valence electrons. The van der Waals surface area contributed by atoms with Gasteiger partial charge in [-0.15, -0.1) is 0 Å². The van der Waals surface area contributed by atoms with Crippen LogP contribution in [0.25, 0.3) is 5.76 Å². The summed E-state index contributed by atoms with van der Waals surface area (Å²) in [5, 5.41) is 0. The van der Waals surface area contributed by atoms with Crippen molar-refractivity contribution in [2.45, 2.75) is 33.6 Å². The average molecular weight is 264 g/mol. The van der Waals surface area contributed by atoms with Gasteiger partial charge in [0.05, 0.1) is 19.3 Å². The second-order valence-electron chi connectivity index (χ2n) is 3.66. The zero-order valence-electron chi connectivity index (χ0n) is 12.4. The highest BCUT2D eigenvalue weighted by Gasteiger charge is 2.13. The molecule has 0 spiro atoms. The number of hydrogen-bond acceptors (Lipinski definition) is 3. The summed E-state index contributed by atoms with van der Waals surface area (Å²) in [5.74, 6) is 0.139. The summed E-state index contributed by atoms with van der Waals surface area (Å²) in [4.78, 5) is 11.5. The number of methoxy groups -OCH3 is 1. The highest BCUT2D eigenvalue weighted by Crippen LogP contribution is 2.19. The molecule has 0 N–H and O–H groups in total. The molecule has 0 fully saturated rings. The van der Waals surface area contributed by atoms with Crippen LogP contribution in [0.4, 0.5) is 0 Å². The normalized spacial score (nSPS) is 9.05. The smallest absolute Gasteiger partial charge is 0.338 e. The summed E-state index contributed by atoms with van der Waals surface area (Å²) in [6, 6.07) is 7.14. The van der Waals surface area contributed by atoms with E-state index in [0.717, 1.165) is 12.8 Å². The summed E-state index contributed by atoms with van der Waals surface area (Å²) < 4.78 is 10.2. The maximum absolute atomic E-state index is 11.5.